The van der Waals surface area contributed by atoms with Crippen LogP contribution in [-0.2, 0) is 22.6 Å². The molecule has 3 rings (SSSR count). The van der Waals surface area contributed by atoms with Crippen LogP contribution in [0.25, 0.3) is 0 Å². The maximum absolute atomic E-state index is 13.4. The lowest BCUT2D eigenvalue weighted by molar-refractivity contribution is -0.131. The molecule has 0 aromatic heterocycles. The summed E-state index contributed by atoms with van der Waals surface area (Å²) in [5, 5.41) is 30.8. The Labute approximate surface area is 216 Å². The molecule has 200 valence electrons. The molecule has 0 radical (unpaired) electrons. The molecular weight excluding hydrogens is 454 g/mol. The first-order valence-corrected chi connectivity index (χ1v) is 13.7. The van der Waals surface area contributed by atoms with Gasteiger partial charge < -0.3 is 26.2 Å². The van der Waals surface area contributed by atoms with Gasteiger partial charge in [0.1, 0.15) is 12.1 Å². The summed E-state index contributed by atoms with van der Waals surface area (Å²) in [7, 11) is 0. The summed E-state index contributed by atoms with van der Waals surface area (Å²) in [5.41, 5.74) is 2.32. The summed E-state index contributed by atoms with van der Waals surface area (Å²) in [6, 6.07) is 6.26. The van der Waals surface area contributed by atoms with Crippen molar-refractivity contribution in [1.29, 1.82) is 0 Å². The van der Waals surface area contributed by atoms with E-state index >= 15 is 0 Å². The van der Waals surface area contributed by atoms with Crippen molar-refractivity contribution < 1.29 is 19.8 Å². The van der Waals surface area contributed by atoms with Gasteiger partial charge in [-0.25, -0.2) is 0 Å². The average Bonchev–Trinajstić information content (AvgIpc) is 2.87. The van der Waals surface area contributed by atoms with Crippen LogP contribution in [0, 0.1) is 11.8 Å². The van der Waals surface area contributed by atoms with Gasteiger partial charge in [0.2, 0.25) is 11.8 Å². The second-order valence-electron chi connectivity index (χ2n) is 11.0. The zero-order chi connectivity index (χ0) is 26.1. The van der Waals surface area contributed by atoms with Crippen LogP contribution in [0.5, 0.6) is 0 Å². The van der Waals surface area contributed by atoms with Crippen LogP contribution in [0.1, 0.15) is 76.3 Å². The second kappa shape index (κ2) is 13.9. The van der Waals surface area contributed by atoms with Gasteiger partial charge >= 0.3 is 0 Å². The molecule has 2 amide bonds. The van der Waals surface area contributed by atoms with E-state index in [-0.39, 0.29) is 24.2 Å². The van der Waals surface area contributed by atoms with Crippen molar-refractivity contribution in [3.8, 4) is 0 Å². The molecule has 0 bridgehead atoms. The van der Waals surface area contributed by atoms with Crippen LogP contribution in [0.2, 0.25) is 0 Å². The first-order valence-electron chi connectivity index (χ1n) is 13.7. The van der Waals surface area contributed by atoms with Gasteiger partial charge in [0.15, 0.2) is 0 Å². The molecular formula is C29H45N3O4. The van der Waals surface area contributed by atoms with Crippen molar-refractivity contribution in [1.82, 2.24) is 16.0 Å². The molecule has 36 heavy (non-hydrogen) atoms. The number of fused-ring (bicyclic) bond motifs is 1. The van der Waals surface area contributed by atoms with Crippen molar-refractivity contribution in [2.45, 2.75) is 109 Å². The lowest BCUT2D eigenvalue weighted by Crippen LogP contribution is -2.57. The molecule has 1 aromatic rings. The maximum atomic E-state index is 13.4. The molecule has 0 saturated heterocycles. The Morgan fingerprint density at radius 3 is 2.47 bits per heavy atom. The van der Waals surface area contributed by atoms with E-state index in [1.54, 1.807) is 6.08 Å². The number of hydrogen-bond donors (Lipinski definition) is 5. The minimum absolute atomic E-state index is 0.224. The van der Waals surface area contributed by atoms with E-state index in [1.807, 2.05) is 32.0 Å². The highest BCUT2D eigenvalue weighted by molar-refractivity contribution is 5.90. The molecule has 7 nitrogen and oxygen atoms in total. The van der Waals surface area contributed by atoms with Crippen LogP contribution in [0.3, 0.4) is 0 Å². The molecule has 1 aromatic carbocycles. The van der Waals surface area contributed by atoms with Crippen molar-refractivity contribution in [2.24, 2.45) is 11.8 Å². The number of aliphatic hydroxyl groups is 2. The molecule has 7 heteroatoms. The van der Waals surface area contributed by atoms with Crippen LogP contribution in [-0.4, -0.2) is 52.4 Å². The molecule has 0 unspecified atom stereocenters. The quantitative estimate of drug-likeness (QED) is 0.284. The summed E-state index contributed by atoms with van der Waals surface area (Å²) >= 11 is 0. The highest BCUT2D eigenvalue weighted by atomic mass is 16.3. The normalized spacial score (nSPS) is 21.6. The third-order valence-electron chi connectivity index (χ3n) is 7.59. The maximum Gasteiger partial charge on any atom is 0.243 e. The van der Waals surface area contributed by atoms with E-state index < -0.39 is 30.3 Å². The monoisotopic (exact) mass is 499 g/mol. The fraction of sp³-hybridized carbons (Fsp3) is 0.655. The van der Waals surface area contributed by atoms with E-state index in [4.69, 9.17) is 0 Å². The van der Waals surface area contributed by atoms with E-state index in [2.05, 4.69) is 28.6 Å². The van der Waals surface area contributed by atoms with Crippen LogP contribution < -0.4 is 16.0 Å². The summed E-state index contributed by atoms with van der Waals surface area (Å²) in [5.74, 6) is 0.0531. The fourth-order valence-electron chi connectivity index (χ4n) is 5.55. The summed E-state index contributed by atoms with van der Waals surface area (Å²) in [4.78, 5) is 26.5. The van der Waals surface area contributed by atoms with Crippen molar-refractivity contribution >= 4 is 11.8 Å². The molecule has 5 atom stereocenters. The topological polar surface area (TPSA) is 111 Å². The largest absolute Gasteiger partial charge is 0.390 e. The first kappa shape index (κ1) is 28.4. The van der Waals surface area contributed by atoms with Crippen LogP contribution >= 0.6 is 0 Å². The van der Waals surface area contributed by atoms with Gasteiger partial charge in [-0.1, -0.05) is 76.3 Å². The van der Waals surface area contributed by atoms with Crippen LogP contribution in [0.4, 0.5) is 0 Å². The Kier molecular flexibility index (Phi) is 11.0. The smallest absolute Gasteiger partial charge is 0.243 e. The van der Waals surface area contributed by atoms with Crippen molar-refractivity contribution in [3.63, 3.8) is 0 Å². The standard InChI is InChI=1S/C29H45N3O4/c1-4-10-23(31-29(36)25-17-21-13-8-9-14-22(21)18-30-25)28(35)32-24(16-20-11-6-5-7-12-20)27(34)26(33)15-19(2)3/h4,8-9,13-14,19-20,23-27,30,33-34H,1,5-7,10-12,15-18H2,2-3H3,(H,31,36)(H,32,35)/t23-,24-,25-,26-,27+/m0/s1. The van der Waals surface area contributed by atoms with Crippen molar-refractivity contribution in [2.75, 3.05) is 0 Å². The molecule has 1 fully saturated rings. The number of carbonyl (C=O) groups is 2. The molecule has 1 heterocycles. The lowest BCUT2D eigenvalue weighted by Gasteiger charge is -2.34. The van der Waals surface area contributed by atoms with Crippen molar-refractivity contribution in [3.05, 3.63) is 48.0 Å². The van der Waals surface area contributed by atoms with Gasteiger partial charge in [-0.05, 0) is 48.6 Å². The zero-order valence-corrected chi connectivity index (χ0v) is 21.9. The Hall–Kier alpha value is -2.22. The number of rotatable bonds is 12. The molecule has 0 spiro atoms. The minimum atomic E-state index is -1.06. The average molecular weight is 500 g/mol. The predicted molar refractivity (Wildman–Crippen MR) is 142 cm³/mol. The third-order valence-corrected chi connectivity index (χ3v) is 7.59. The van der Waals surface area contributed by atoms with E-state index in [9.17, 15) is 19.8 Å². The Morgan fingerprint density at radius 1 is 1.11 bits per heavy atom. The minimum Gasteiger partial charge on any atom is -0.390 e. The van der Waals surface area contributed by atoms with E-state index in [0.29, 0.717) is 31.7 Å². The van der Waals surface area contributed by atoms with Gasteiger partial charge in [0.25, 0.3) is 0 Å². The third kappa shape index (κ3) is 8.15. The summed E-state index contributed by atoms with van der Waals surface area (Å²) in [6.45, 7) is 8.37. The van der Waals surface area contributed by atoms with Gasteiger partial charge in [-0.3, -0.25) is 9.59 Å². The number of carbonyl (C=O) groups excluding carboxylic acids is 2. The molecule has 5 N–H and O–H groups in total. The van der Waals surface area contributed by atoms with Gasteiger partial charge in [-0.15, -0.1) is 6.58 Å². The Balaban J connectivity index is 1.66. The predicted octanol–water partition coefficient (Wildman–Crippen LogP) is 2.98. The zero-order valence-electron chi connectivity index (χ0n) is 21.9. The van der Waals surface area contributed by atoms with Gasteiger partial charge in [0.05, 0.1) is 18.2 Å². The summed E-state index contributed by atoms with van der Waals surface area (Å²) < 4.78 is 0. The lowest BCUT2D eigenvalue weighted by atomic mass is 9.82. The van der Waals surface area contributed by atoms with Gasteiger partial charge in [-0.2, -0.15) is 0 Å². The summed E-state index contributed by atoms with van der Waals surface area (Å²) in [6.07, 6.45) is 7.24. The second-order valence-corrected chi connectivity index (χ2v) is 11.0. The molecule has 1 aliphatic heterocycles. The number of hydrogen-bond acceptors (Lipinski definition) is 5. The Bertz CT molecular complexity index is 868. The fourth-order valence-corrected chi connectivity index (χ4v) is 5.55. The highest BCUT2D eigenvalue weighted by Gasteiger charge is 2.34. The molecule has 1 aliphatic carbocycles. The Morgan fingerprint density at radius 2 is 1.81 bits per heavy atom. The first-order chi connectivity index (χ1) is 17.3. The van der Waals surface area contributed by atoms with E-state index in [0.717, 1.165) is 31.2 Å². The SMILES string of the molecule is C=CC[C@H](NC(=O)[C@@H]1Cc2ccccc2CN1)C(=O)N[C@@H](CC1CCCCC1)[C@@H](O)[C@@H](O)CC(C)C. The van der Waals surface area contributed by atoms with Gasteiger partial charge in [0, 0.05) is 6.54 Å². The van der Waals surface area contributed by atoms with Crippen LogP contribution in [0.15, 0.2) is 36.9 Å². The highest BCUT2D eigenvalue weighted by Crippen LogP contribution is 2.29. The molecule has 1 saturated carbocycles. The molecule has 2 aliphatic rings. The number of aliphatic hydroxyl groups excluding tert-OH is 2. The number of amides is 2. The van der Waals surface area contributed by atoms with E-state index in [1.165, 1.54) is 12.0 Å². The number of benzene rings is 1. The number of nitrogens with one attached hydrogen (secondary N) is 3.